The highest BCUT2D eigenvalue weighted by Gasteiger charge is 2.13. The fraction of sp³-hybridized carbons (Fsp3) is 0.154. The SMILES string of the molecule is CCOc1ccc(-c2nc(NC(=O)Cc3ccc(-c4ccccc4)cc3)sc2C)cc1. The Hall–Kier alpha value is -3.44. The Kier molecular flexibility index (Phi) is 6.43. The number of aromatic nitrogens is 1. The van der Waals surface area contributed by atoms with Gasteiger partial charge in [0.15, 0.2) is 5.13 Å². The molecule has 5 heteroatoms. The molecule has 1 N–H and O–H groups in total. The topological polar surface area (TPSA) is 51.2 Å². The minimum absolute atomic E-state index is 0.0699. The molecule has 4 nitrogen and oxygen atoms in total. The second kappa shape index (κ2) is 9.58. The standard InChI is InChI=1S/C26H24N2O2S/c1-3-30-23-15-13-22(14-16-23)25-18(2)31-26(28-25)27-24(29)17-19-9-11-21(12-10-19)20-7-5-4-6-8-20/h4-16H,3,17H2,1-2H3,(H,27,28,29). The van der Waals surface area contributed by atoms with Gasteiger partial charge in [-0.25, -0.2) is 4.98 Å². The fourth-order valence-corrected chi connectivity index (χ4v) is 4.24. The molecule has 3 aromatic carbocycles. The molecular formula is C26H24N2O2S. The normalized spacial score (nSPS) is 10.6. The highest BCUT2D eigenvalue weighted by Crippen LogP contribution is 2.31. The third kappa shape index (κ3) is 5.19. The zero-order valence-corrected chi connectivity index (χ0v) is 18.4. The molecule has 0 aliphatic carbocycles. The van der Waals surface area contributed by atoms with Crippen LogP contribution in [0.25, 0.3) is 22.4 Å². The third-order valence-corrected chi connectivity index (χ3v) is 5.79. The van der Waals surface area contributed by atoms with Crippen molar-refractivity contribution in [3.63, 3.8) is 0 Å². The van der Waals surface area contributed by atoms with Gasteiger partial charge >= 0.3 is 0 Å². The maximum atomic E-state index is 12.5. The van der Waals surface area contributed by atoms with Gasteiger partial charge < -0.3 is 10.1 Å². The summed E-state index contributed by atoms with van der Waals surface area (Å²) in [6, 6.07) is 26.2. The molecule has 0 saturated heterocycles. The van der Waals surface area contributed by atoms with Gasteiger partial charge in [0.1, 0.15) is 5.75 Å². The minimum Gasteiger partial charge on any atom is -0.494 e. The van der Waals surface area contributed by atoms with Crippen molar-refractivity contribution in [2.24, 2.45) is 0 Å². The quantitative estimate of drug-likeness (QED) is 0.372. The summed E-state index contributed by atoms with van der Waals surface area (Å²) in [5.74, 6) is 0.769. The molecule has 0 unspecified atom stereocenters. The van der Waals surface area contributed by atoms with E-state index in [9.17, 15) is 4.79 Å². The number of carbonyl (C=O) groups is 1. The van der Waals surface area contributed by atoms with E-state index in [2.05, 4.69) is 34.6 Å². The molecular weight excluding hydrogens is 404 g/mol. The van der Waals surface area contributed by atoms with Crippen LogP contribution in [0.5, 0.6) is 5.75 Å². The van der Waals surface area contributed by atoms with Gasteiger partial charge in [0.05, 0.1) is 18.7 Å². The van der Waals surface area contributed by atoms with Crippen molar-refractivity contribution in [2.75, 3.05) is 11.9 Å². The zero-order valence-electron chi connectivity index (χ0n) is 17.6. The Labute approximate surface area is 186 Å². The molecule has 0 aliphatic rings. The lowest BCUT2D eigenvalue weighted by molar-refractivity contribution is -0.115. The summed E-state index contributed by atoms with van der Waals surface area (Å²) in [5, 5.41) is 3.56. The first-order chi connectivity index (χ1) is 15.1. The number of carbonyl (C=O) groups excluding carboxylic acids is 1. The number of hydrogen-bond donors (Lipinski definition) is 1. The fourth-order valence-electron chi connectivity index (χ4n) is 3.39. The van der Waals surface area contributed by atoms with Crippen LogP contribution >= 0.6 is 11.3 Å². The Morgan fingerprint density at radius 1 is 0.903 bits per heavy atom. The Morgan fingerprint density at radius 2 is 1.55 bits per heavy atom. The lowest BCUT2D eigenvalue weighted by atomic mass is 10.0. The zero-order chi connectivity index (χ0) is 21.6. The monoisotopic (exact) mass is 428 g/mol. The van der Waals surface area contributed by atoms with Crippen LogP contribution in [0.1, 0.15) is 17.4 Å². The summed E-state index contributed by atoms with van der Waals surface area (Å²) in [5.41, 5.74) is 5.17. The van der Waals surface area contributed by atoms with Crippen molar-refractivity contribution in [1.82, 2.24) is 4.98 Å². The van der Waals surface area contributed by atoms with Gasteiger partial charge in [0.2, 0.25) is 5.91 Å². The molecule has 0 bridgehead atoms. The predicted molar refractivity (Wildman–Crippen MR) is 128 cm³/mol. The molecule has 0 radical (unpaired) electrons. The number of rotatable bonds is 7. The van der Waals surface area contributed by atoms with Crippen LogP contribution in [-0.4, -0.2) is 17.5 Å². The molecule has 1 amide bonds. The van der Waals surface area contributed by atoms with E-state index in [4.69, 9.17) is 4.74 Å². The lowest BCUT2D eigenvalue weighted by Crippen LogP contribution is -2.14. The predicted octanol–water partition coefficient (Wildman–Crippen LogP) is 6.37. The molecule has 0 saturated carbocycles. The van der Waals surface area contributed by atoms with E-state index in [0.29, 0.717) is 18.2 Å². The number of anilines is 1. The van der Waals surface area contributed by atoms with Gasteiger partial charge in [-0.3, -0.25) is 4.79 Å². The van der Waals surface area contributed by atoms with Gasteiger partial charge in [-0.2, -0.15) is 0 Å². The molecule has 31 heavy (non-hydrogen) atoms. The van der Waals surface area contributed by atoms with Crippen LogP contribution in [0.2, 0.25) is 0 Å². The van der Waals surface area contributed by atoms with Crippen LogP contribution in [-0.2, 0) is 11.2 Å². The smallest absolute Gasteiger partial charge is 0.230 e. The average molecular weight is 429 g/mol. The number of nitrogens with one attached hydrogen (secondary N) is 1. The van der Waals surface area contributed by atoms with Crippen molar-refractivity contribution >= 4 is 22.4 Å². The number of aryl methyl sites for hydroxylation is 1. The summed E-state index contributed by atoms with van der Waals surface area (Å²) in [6.45, 7) is 4.62. The molecule has 0 fully saturated rings. The largest absolute Gasteiger partial charge is 0.494 e. The summed E-state index contributed by atoms with van der Waals surface area (Å²) in [7, 11) is 0. The van der Waals surface area contributed by atoms with Crippen molar-refractivity contribution in [1.29, 1.82) is 0 Å². The van der Waals surface area contributed by atoms with Crippen molar-refractivity contribution in [2.45, 2.75) is 20.3 Å². The third-order valence-electron chi connectivity index (χ3n) is 4.91. The van der Waals surface area contributed by atoms with Crippen LogP contribution in [0.3, 0.4) is 0 Å². The van der Waals surface area contributed by atoms with Crippen LogP contribution in [0, 0.1) is 6.92 Å². The second-order valence-corrected chi connectivity index (χ2v) is 8.37. The van der Waals surface area contributed by atoms with Gasteiger partial charge in [0.25, 0.3) is 0 Å². The first-order valence-electron chi connectivity index (χ1n) is 10.3. The molecule has 1 aromatic heterocycles. The van der Waals surface area contributed by atoms with Gasteiger partial charge in [-0.1, -0.05) is 54.6 Å². The molecule has 0 aliphatic heterocycles. The van der Waals surface area contributed by atoms with E-state index in [0.717, 1.165) is 33.0 Å². The number of hydrogen-bond acceptors (Lipinski definition) is 4. The molecule has 0 spiro atoms. The summed E-state index contributed by atoms with van der Waals surface area (Å²) >= 11 is 1.49. The van der Waals surface area contributed by atoms with Gasteiger partial charge in [0, 0.05) is 10.4 Å². The van der Waals surface area contributed by atoms with E-state index in [1.807, 2.05) is 68.4 Å². The minimum atomic E-state index is -0.0699. The molecule has 4 aromatic rings. The summed E-state index contributed by atoms with van der Waals surface area (Å²) < 4.78 is 5.50. The van der Waals surface area contributed by atoms with E-state index >= 15 is 0 Å². The number of benzene rings is 3. The summed E-state index contributed by atoms with van der Waals surface area (Å²) in [6.07, 6.45) is 0.312. The average Bonchev–Trinajstić information content (AvgIpc) is 3.15. The van der Waals surface area contributed by atoms with E-state index in [1.165, 1.54) is 16.9 Å². The maximum absolute atomic E-state index is 12.5. The highest BCUT2D eigenvalue weighted by atomic mass is 32.1. The second-order valence-electron chi connectivity index (χ2n) is 7.17. The first kappa shape index (κ1) is 20.8. The number of nitrogens with zero attached hydrogens (tertiary/aromatic N) is 1. The van der Waals surface area contributed by atoms with Crippen molar-refractivity contribution in [3.05, 3.63) is 89.3 Å². The van der Waals surface area contributed by atoms with Crippen LogP contribution in [0.4, 0.5) is 5.13 Å². The van der Waals surface area contributed by atoms with Gasteiger partial charge in [-0.15, -0.1) is 11.3 Å². The molecule has 4 rings (SSSR count). The molecule has 156 valence electrons. The highest BCUT2D eigenvalue weighted by molar-refractivity contribution is 7.16. The Balaban J connectivity index is 1.40. The van der Waals surface area contributed by atoms with Crippen molar-refractivity contribution < 1.29 is 9.53 Å². The lowest BCUT2D eigenvalue weighted by Gasteiger charge is -2.05. The van der Waals surface area contributed by atoms with E-state index < -0.39 is 0 Å². The Morgan fingerprint density at radius 3 is 2.23 bits per heavy atom. The number of ether oxygens (including phenoxy) is 1. The van der Waals surface area contributed by atoms with Crippen molar-refractivity contribution in [3.8, 4) is 28.1 Å². The number of amides is 1. The van der Waals surface area contributed by atoms with Crippen LogP contribution < -0.4 is 10.1 Å². The molecule has 0 atom stereocenters. The van der Waals surface area contributed by atoms with E-state index in [1.54, 1.807) is 0 Å². The Bertz CT molecular complexity index is 1150. The van der Waals surface area contributed by atoms with Crippen LogP contribution in [0.15, 0.2) is 78.9 Å². The maximum Gasteiger partial charge on any atom is 0.230 e. The van der Waals surface area contributed by atoms with Gasteiger partial charge in [-0.05, 0) is 54.8 Å². The number of thiazole rings is 1. The molecule has 1 heterocycles. The summed E-state index contributed by atoms with van der Waals surface area (Å²) in [4.78, 5) is 18.2. The van der Waals surface area contributed by atoms with E-state index in [-0.39, 0.29) is 5.91 Å². The first-order valence-corrected chi connectivity index (χ1v) is 11.1.